The normalized spacial score (nSPS) is 15.9. The Hall–Kier alpha value is -1.55. The summed E-state index contributed by atoms with van der Waals surface area (Å²) in [7, 11) is 1.69. The number of nitrogens with zero attached hydrogens (tertiary/aromatic N) is 1. The van der Waals surface area contributed by atoms with Gasteiger partial charge in [0.1, 0.15) is 6.61 Å². The highest BCUT2D eigenvalue weighted by atomic mass is 16.6. The fourth-order valence-electron chi connectivity index (χ4n) is 2.06. The van der Waals surface area contributed by atoms with E-state index in [1.54, 1.807) is 7.05 Å². The van der Waals surface area contributed by atoms with Crippen LogP contribution in [0, 0.1) is 5.92 Å². The molecule has 4 nitrogen and oxygen atoms in total. The van der Waals surface area contributed by atoms with E-state index in [1.807, 2.05) is 30.3 Å². The Bertz CT molecular complexity index is 403. The van der Waals surface area contributed by atoms with Gasteiger partial charge in [-0.05, 0) is 17.9 Å². The summed E-state index contributed by atoms with van der Waals surface area (Å²) in [5, 5.41) is 9.36. The van der Waals surface area contributed by atoms with Gasteiger partial charge in [-0.3, -0.25) is 0 Å². The number of benzene rings is 1. The van der Waals surface area contributed by atoms with Crippen LogP contribution in [0.15, 0.2) is 30.3 Å². The van der Waals surface area contributed by atoms with Gasteiger partial charge in [-0.25, -0.2) is 4.79 Å². The standard InChI is InChI=1S/C15H21NO3/c1-16(14(10-17)9-12-7-8-12)15(18)19-11-13-5-3-2-4-6-13/h2-6,12,14,17H,7-11H2,1H3. The van der Waals surface area contributed by atoms with E-state index in [0.717, 1.165) is 12.0 Å². The minimum atomic E-state index is -0.372. The fourth-order valence-corrected chi connectivity index (χ4v) is 2.06. The lowest BCUT2D eigenvalue weighted by Gasteiger charge is -2.25. The minimum Gasteiger partial charge on any atom is -0.445 e. The van der Waals surface area contributed by atoms with E-state index >= 15 is 0 Å². The van der Waals surface area contributed by atoms with Crippen LogP contribution in [0.5, 0.6) is 0 Å². The number of carbonyl (C=O) groups is 1. The summed E-state index contributed by atoms with van der Waals surface area (Å²) in [4.78, 5) is 13.4. The van der Waals surface area contributed by atoms with Crippen molar-refractivity contribution < 1.29 is 14.6 Å². The first-order valence-electron chi connectivity index (χ1n) is 6.75. The fraction of sp³-hybridized carbons (Fsp3) is 0.533. The molecule has 2 rings (SSSR count). The van der Waals surface area contributed by atoms with Crippen LogP contribution in [-0.4, -0.2) is 35.8 Å². The Morgan fingerprint density at radius 2 is 2.11 bits per heavy atom. The molecule has 19 heavy (non-hydrogen) atoms. The largest absolute Gasteiger partial charge is 0.445 e. The maximum atomic E-state index is 11.9. The van der Waals surface area contributed by atoms with E-state index < -0.39 is 0 Å². The van der Waals surface area contributed by atoms with Gasteiger partial charge < -0.3 is 14.7 Å². The molecule has 1 aromatic rings. The first kappa shape index (κ1) is 13.9. The van der Waals surface area contributed by atoms with Crippen LogP contribution in [-0.2, 0) is 11.3 Å². The van der Waals surface area contributed by atoms with E-state index in [4.69, 9.17) is 4.74 Å². The van der Waals surface area contributed by atoms with Crippen molar-refractivity contribution in [3.63, 3.8) is 0 Å². The average Bonchev–Trinajstić information content (AvgIpc) is 3.26. The molecule has 104 valence electrons. The van der Waals surface area contributed by atoms with Crippen molar-refractivity contribution in [2.24, 2.45) is 5.92 Å². The molecule has 1 N–H and O–H groups in total. The minimum absolute atomic E-state index is 0.00651. The molecule has 1 fully saturated rings. The predicted molar refractivity (Wildman–Crippen MR) is 72.6 cm³/mol. The van der Waals surface area contributed by atoms with E-state index in [1.165, 1.54) is 17.7 Å². The van der Waals surface area contributed by atoms with E-state index in [2.05, 4.69) is 0 Å². The van der Waals surface area contributed by atoms with Crippen LogP contribution in [0.1, 0.15) is 24.8 Å². The van der Waals surface area contributed by atoms with Crippen LogP contribution in [0.25, 0.3) is 0 Å². The zero-order valence-electron chi connectivity index (χ0n) is 11.3. The second kappa shape index (κ2) is 6.57. The summed E-state index contributed by atoms with van der Waals surface area (Å²) in [5.74, 6) is 0.668. The number of aliphatic hydroxyl groups is 1. The van der Waals surface area contributed by atoms with Gasteiger partial charge in [0.15, 0.2) is 0 Å². The number of hydrogen-bond donors (Lipinski definition) is 1. The van der Waals surface area contributed by atoms with Gasteiger partial charge in [0.05, 0.1) is 12.6 Å². The molecule has 0 saturated heterocycles. The second-order valence-electron chi connectivity index (χ2n) is 5.17. The third kappa shape index (κ3) is 4.24. The summed E-state index contributed by atoms with van der Waals surface area (Å²) >= 11 is 0. The predicted octanol–water partition coefficient (Wildman–Crippen LogP) is 2.42. The molecular formula is C15H21NO3. The first-order chi connectivity index (χ1) is 9.20. The highest BCUT2D eigenvalue weighted by Gasteiger charge is 2.29. The van der Waals surface area contributed by atoms with Crippen molar-refractivity contribution in [2.75, 3.05) is 13.7 Å². The topological polar surface area (TPSA) is 49.8 Å². The number of carbonyl (C=O) groups excluding carboxylic acids is 1. The van der Waals surface area contributed by atoms with E-state index in [-0.39, 0.29) is 25.3 Å². The quantitative estimate of drug-likeness (QED) is 0.857. The van der Waals surface area contributed by atoms with Gasteiger partial charge in [0.2, 0.25) is 0 Å². The molecule has 4 heteroatoms. The highest BCUT2D eigenvalue weighted by Crippen LogP contribution is 2.34. The summed E-state index contributed by atoms with van der Waals surface area (Å²) in [6.45, 7) is 0.263. The number of rotatable bonds is 6. The molecule has 1 aromatic carbocycles. The number of aliphatic hydroxyl groups excluding tert-OH is 1. The third-order valence-corrected chi connectivity index (χ3v) is 3.55. The highest BCUT2D eigenvalue weighted by molar-refractivity contribution is 5.67. The summed E-state index contributed by atoms with van der Waals surface area (Å²) in [6, 6.07) is 9.46. The molecular weight excluding hydrogens is 242 g/mol. The third-order valence-electron chi connectivity index (χ3n) is 3.55. The Morgan fingerprint density at radius 1 is 1.42 bits per heavy atom. The smallest absolute Gasteiger partial charge is 0.410 e. The van der Waals surface area contributed by atoms with Crippen LogP contribution < -0.4 is 0 Å². The van der Waals surface area contributed by atoms with Crippen molar-refractivity contribution in [2.45, 2.75) is 31.9 Å². The van der Waals surface area contributed by atoms with Crippen LogP contribution in [0.3, 0.4) is 0 Å². The van der Waals surface area contributed by atoms with Gasteiger partial charge in [-0.1, -0.05) is 43.2 Å². The number of hydrogen-bond acceptors (Lipinski definition) is 3. The summed E-state index contributed by atoms with van der Waals surface area (Å²) < 4.78 is 5.25. The number of ether oxygens (including phenoxy) is 1. The van der Waals surface area contributed by atoms with Gasteiger partial charge in [0.25, 0.3) is 0 Å². The molecule has 1 atom stereocenters. The molecule has 0 aliphatic heterocycles. The molecule has 1 aliphatic rings. The van der Waals surface area contributed by atoms with Crippen molar-refractivity contribution in [3.05, 3.63) is 35.9 Å². The van der Waals surface area contributed by atoms with Crippen molar-refractivity contribution in [1.82, 2.24) is 4.90 Å². The lowest BCUT2D eigenvalue weighted by Crippen LogP contribution is -2.40. The molecule has 1 saturated carbocycles. The maximum Gasteiger partial charge on any atom is 0.410 e. The van der Waals surface area contributed by atoms with Gasteiger partial charge >= 0.3 is 6.09 Å². The Labute approximate surface area is 114 Å². The van der Waals surface area contributed by atoms with Gasteiger partial charge in [0, 0.05) is 7.05 Å². The van der Waals surface area contributed by atoms with E-state index in [9.17, 15) is 9.90 Å². The molecule has 1 amide bonds. The van der Waals surface area contributed by atoms with E-state index in [0.29, 0.717) is 5.92 Å². The van der Waals surface area contributed by atoms with Crippen molar-refractivity contribution >= 4 is 6.09 Å². The number of likely N-dealkylation sites (N-methyl/N-ethyl adjacent to an activating group) is 1. The molecule has 0 bridgehead atoms. The molecule has 0 heterocycles. The molecule has 1 unspecified atom stereocenters. The molecule has 0 radical (unpaired) electrons. The second-order valence-corrected chi connectivity index (χ2v) is 5.17. The van der Waals surface area contributed by atoms with Crippen LogP contribution >= 0.6 is 0 Å². The van der Waals surface area contributed by atoms with Gasteiger partial charge in [-0.2, -0.15) is 0 Å². The Kier molecular flexibility index (Phi) is 4.80. The molecule has 0 spiro atoms. The molecule has 0 aromatic heterocycles. The van der Waals surface area contributed by atoms with Crippen LogP contribution in [0.4, 0.5) is 4.79 Å². The first-order valence-corrected chi connectivity index (χ1v) is 6.75. The summed E-state index contributed by atoms with van der Waals surface area (Å²) in [5.41, 5.74) is 0.965. The summed E-state index contributed by atoms with van der Waals surface area (Å²) in [6.07, 6.45) is 2.92. The lowest BCUT2D eigenvalue weighted by atomic mass is 10.1. The average molecular weight is 263 g/mol. The monoisotopic (exact) mass is 263 g/mol. The Balaban J connectivity index is 1.80. The van der Waals surface area contributed by atoms with Crippen molar-refractivity contribution in [1.29, 1.82) is 0 Å². The SMILES string of the molecule is CN(C(=O)OCc1ccccc1)C(CO)CC1CC1. The maximum absolute atomic E-state index is 11.9. The number of amides is 1. The lowest BCUT2D eigenvalue weighted by molar-refractivity contribution is 0.0724. The van der Waals surface area contributed by atoms with Crippen LogP contribution in [0.2, 0.25) is 0 Å². The Morgan fingerprint density at radius 3 is 2.68 bits per heavy atom. The molecule has 1 aliphatic carbocycles. The zero-order valence-corrected chi connectivity index (χ0v) is 11.3. The van der Waals surface area contributed by atoms with Gasteiger partial charge in [-0.15, -0.1) is 0 Å². The zero-order chi connectivity index (χ0) is 13.7. The van der Waals surface area contributed by atoms with Crippen molar-refractivity contribution in [3.8, 4) is 0 Å².